The van der Waals surface area contributed by atoms with Crippen LogP contribution in [0.3, 0.4) is 0 Å². The van der Waals surface area contributed by atoms with E-state index in [-0.39, 0.29) is 0 Å². The number of aliphatic carboxylic acids is 1. The fourth-order valence-corrected chi connectivity index (χ4v) is 3.06. The van der Waals surface area contributed by atoms with Gasteiger partial charge in [0, 0.05) is 22.8 Å². The fourth-order valence-electron chi connectivity index (χ4n) is 2.89. The number of carboxylic acid groups (broad SMARTS) is 1. The number of aryl methyl sites for hydroxylation is 1. The van der Waals surface area contributed by atoms with E-state index in [2.05, 4.69) is 6.07 Å². The molecule has 0 aliphatic rings. The smallest absolute Gasteiger partial charge is 0.327 e. The number of hydrogen-bond acceptors (Lipinski definition) is 3. The number of carboxylic acids is 1. The zero-order valence-electron chi connectivity index (χ0n) is 14.5. The number of carbonyl (C=O) groups is 1. The van der Waals surface area contributed by atoms with Crippen molar-refractivity contribution in [2.75, 3.05) is 0 Å². The van der Waals surface area contributed by atoms with E-state index in [0.29, 0.717) is 27.3 Å². The van der Waals surface area contributed by atoms with Crippen molar-refractivity contribution in [3.05, 3.63) is 57.0 Å². The molecule has 130 valence electrons. The van der Waals surface area contributed by atoms with Crippen molar-refractivity contribution in [3.63, 3.8) is 0 Å². The van der Waals surface area contributed by atoms with Crippen molar-refractivity contribution in [2.24, 2.45) is 5.41 Å². The SMILES string of the molecule is Cc1cn(C(C(=O)O)C(C)(C)C)c(=O)cc1-c1cc(Cl)ccc1C#N. The molecule has 1 aromatic heterocycles. The van der Waals surface area contributed by atoms with Crippen molar-refractivity contribution < 1.29 is 9.90 Å². The fraction of sp³-hybridized carbons (Fsp3) is 0.316. The van der Waals surface area contributed by atoms with E-state index >= 15 is 0 Å². The van der Waals surface area contributed by atoms with Gasteiger partial charge in [0.05, 0.1) is 11.6 Å². The Morgan fingerprint density at radius 3 is 2.44 bits per heavy atom. The Morgan fingerprint density at radius 2 is 1.92 bits per heavy atom. The maximum absolute atomic E-state index is 12.6. The first-order valence-electron chi connectivity index (χ1n) is 7.72. The zero-order chi connectivity index (χ0) is 18.9. The summed E-state index contributed by atoms with van der Waals surface area (Å²) in [7, 11) is 0. The molecule has 0 saturated carbocycles. The van der Waals surface area contributed by atoms with E-state index in [9.17, 15) is 20.0 Å². The molecule has 1 heterocycles. The van der Waals surface area contributed by atoms with Gasteiger partial charge in [-0.1, -0.05) is 32.4 Å². The summed E-state index contributed by atoms with van der Waals surface area (Å²) in [6.07, 6.45) is 1.53. The maximum Gasteiger partial charge on any atom is 0.327 e. The molecule has 0 amide bonds. The molecule has 2 aromatic rings. The van der Waals surface area contributed by atoms with Gasteiger partial charge in [-0.25, -0.2) is 4.79 Å². The molecule has 2 rings (SSSR count). The summed E-state index contributed by atoms with van der Waals surface area (Å²) >= 11 is 6.03. The predicted molar refractivity (Wildman–Crippen MR) is 96.7 cm³/mol. The van der Waals surface area contributed by atoms with Crippen LogP contribution >= 0.6 is 11.6 Å². The normalized spacial score (nSPS) is 12.5. The van der Waals surface area contributed by atoms with Gasteiger partial charge in [0.15, 0.2) is 0 Å². The molecule has 1 atom stereocenters. The molecule has 0 radical (unpaired) electrons. The Balaban J connectivity index is 2.71. The van der Waals surface area contributed by atoms with Crippen molar-refractivity contribution in [2.45, 2.75) is 33.7 Å². The van der Waals surface area contributed by atoms with Gasteiger partial charge < -0.3 is 9.67 Å². The Hall–Kier alpha value is -2.58. The molecular weight excluding hydrogens is 340 g/mol. The maximum atomic E-state index is 12.6. The first-order chi connectivity index (χ1) is 11.6. The summed E-state index contributed by atoms with van der Waals surface area (Å²) in [5.41, 5.74) is 1.13. The van der Waals surface area contributed by atoms with Crippen LogP contribution in [0.25, 0.3) is 11.1 Å². The molecular formula is C19H19ClN2O3. The van der Waals surface area contributed by atoms with Crippen molar-refractivity contribution >= 4 is 17.6 Å². The van der Waals surface area contributed by atoms with Crippen LogP contribution in [0.4, 0.5) is 0 Å². The quantitative estimate of drug-likeness (QED) is 0.898. The Bertz CT molecular complexity index is 933. The third-order valence-corrected chi connectivity index (χ3v) is 4.24. The number of aromatic nitrogens is 1. The predicted octanol–water partition coefficient (Wildman–Crippen LogP) is 4.02. The lowest BCUT2D eigenvalue weighted by atomic mass is 9.86. The van der Waals surface area contributed by atoms with Gasteiger partial charge in [0.1, 0.15) is 6.04 Å². The van der Waals surface area contributed by atoms with Crippen molar-refractivity contribution in [1.82, 2.24) is 4.57 Å². The summed E-state index contributed by atoms with van der Waals surface area (Å²) in [6.45, 7) is 7.08. The highest BCUT2D eigenvalue weighted by molar-refractivity contribution is 6.30. The lowest BCUT2D eigenvalue weighted by molar-refractivity contribution is -0.144. The Morgan fingerprint density at radius 1 is 1.28 bits per heavy atom. The van der Waals surface area contributed by atoms with E-state index in [1.54, 1.807) is 45.9 Å². The molecule has 1 aromatic carbocycles. The highest BCUT2D eigenvalue weighted by Crippen LogP contribution is 2.32. The number of benzene rings is 1. The molecule has 0 spiro atoms. The number of halogens is 1. The minimum Gasteiger partial charge on any atom is -0.480 e. The molecule has 5 nitrogen and oxygen atoms in total. The molecule has 25 heavy (non-hydrogen) atoms. The van der Waals surface area contributed by atoms with Gasteiger partial charge in [0.25, 0.3) is 5.56 Å². The molecule has 1 N–H and O–H groups in total. The molecule has 0 saturated heterocycles. The number of rotatable bonds is 3. The summed E-state index contributed by atoms with van der Waals surface area (Å²) in [5.74, 6) is -1.07. The first-order valence-corrected chi connectivity index (χ1v) is 8.09. The summed E-state index contributed by atoms with van der Waals surface area (Å²) in [4.78, 5) is 24.3. The second kappa shape index (κ2) is 6.73. The lowest BCUT2D eigenvalue weighted by Crippen LogP contribution is -2.37. The average molecular weight is 359 g/mol. The van der Waals surface area contributed by atoms with Crippen LogP contribution in [0.1, 0.15) is 37.9 Å². The molecule has 0 aliphatic carbocycles. The van der Waals surface area contributed by atoms with E-state index in [1.807, 2.05) is 0 Å². The standard InChI is InChI=1S/C19H19ClN2O3/c1-11-10-22(17(18(24)25)19(2,3)4)16(23)8-14(11)15-7-13(20)6-5-12(15)9-21/h5-8,10,17H,1-4H3,(H,24,25). The van der Waals surface area contributed by atoms with Crippen LogP contribution in [0.2, 0.25) is 5.02 Å². The van der Waals surface area contributed by atoms with Gasteiger partial charge in [-0.15, -0.1) is 0 Å². The monoisotopic (exact) mass is 358 g/mol. The van der Waals surface area contributed by atoms with Crippen LogP contribution < -0.4 is 5.56 Å². The Kier molecular flexibility index (Phi) is 5.05. The molecule has 1 unspecified atom stereocenters. The minimum atomic E-state index is -1.07. The van der Waals surface area contributed by atoms with Gasteiger partial charge in [0.2, 0.25) is 0 Å². The molecule has 0 aliphatic heterocycles. The lowest BCUT2D eigenvalue weighted by Gasteiger charge is -2.29. The highest BCUT2D eigenvalue weighted by Gasteiger charge is 2.33. The second-order valence-corrected chi connectivity index (χ2v) is 7.46. The number of nitrogens with zero attached hydrogens (tertiary/aromatic N) is 2. The van der Waals surface area contributed by atoms with Crippen LogP contribution in [-0.4, -0.2) is 15.6 Å². The minimum absolute atomic E-state index is 0.398. The van der Waals surface area contributed by atoms with E-state index in [4.69, 9.17) is 11.6 Å². The molecule has 6 heteroatoms. The van der Waals surface area contributed by atoms with E-state index in [1.165, 1.54) is 16.8 Å². The Labute approximate surface area is 151 Å². The van der Waals surface area contributed by atoms with E-state index < -0.39 is 23.0 Å². The third kappa shape index (κ3) is 3.75. The molecule has 0 bridgehead atoms. The third-order valence-electron chi connectivity index (χ3n) is 4.00. The van der Waals surface area contributed by atoms with Crippen LogP contribution in [0.5, 0.6) is 0 Å². The zero-order valence-corrected chi connectivity index (χ0v) is 15.3. The number of hydrogen-bond donors (Lipinski definition) is 1. The van der Waals surface area contributed by atoms with Gasteiger partial charge >= 0.3 is 5.97 Å². The average Bonchev–Trinajstić information content (AvgIpc) is 2.48. The number of nitriles is 1. The van der Waals surface area contributed by atoms with Crippen molar-refractivity contribution in [3.8, 4) is 17.2 Å². The topological polar surface area (TPSA) is 83.1 Å². The van der Waals surface area contributed by atoms with Crippen LogP contribution in [-0.2, 0) is 4.79 Å². The van der Waals surface area contributed by atoms with Crippen molar-refractivity contribution in [1.29, 1.82) is 5.26 Å². The van der Waals surface area contributed by atoms with Crippen LogP contribution in [0.15, 0.2) is 35.3 Å². The summed E-state index contributed by atoms with van der Waals surface area (Å²) in [5, 5.41) is 19.3. The molecule has 0 fully saturated rings. The first kappa shape index (κ1) is 18.8. The highest BCUT2D eigenvalue weighted by atomic mass is 35.5. The van der Waals surface area contributed by atoms with E-state index in [0.717, 1.165) is 0 Å². The summed E-state index contributed by atoms with van der Waals surface area (Å²) in [6, 6.07) is 7.29. The van der Waals surface area contributed by atoms with Crippen LogP contribution in [0, 0.1) is 23.7 Å². The van der Waals surface area contributed by atoms with Gasteiger partial charge in [-0.2, -0.15) is 5.26 Å². The second-order valence-electron chi connectivity index (χ2n) is 7.02. The number of pyridine rings is 1. The van der Waals surface area contributed by atoms with Gasteiger partial charge in [-0.05, 0) is 41.7 Å². The largest absolute Gasteiger partial charge is 0.480 e. The summed E-state index contributed by atoms with van der Waals surface area (Å²) < 4.78 is 1.23. The van der Waals surface area contributed by atoms with Gasteiger partial charge in [-0.3, -0.25) is 4.79 Å².